The van der Waals surface area contributed by atoms with Gasteiger partial charge in [0, 0.05) is 5.56 Å². The maximum absolute atomic E-state index is 12.3. The van der Waals surface area contributed by atoms with Crippen LogP contribution in [0, 0.1) is 0 Å². The van der Waals surface area contributed by atoms with Gasteiger partial charge in [-0.15, -0.1) is 10.2 Å². The first kappa shape index (κ1) is 19.4. The van der Waals surface area contributed by atoms with Gasteiger partial charge in [-0.05, 0) is 61.9 Å². The van der Waals surface area contributed by atoms with Gasteiger partial charge in [0.05, 0.1) is 19.3 Å². The Balaban J connectivity index is 1.63. The molecule has 0 bridgehead atoms. The van der Waals surface area contributed by atoms with Gasteiger partial charge in [0.1, 0.15) is 11.5 Å². The Hall–Kier alpha value is -3.35. The number of nitrogens with zero attached hydrogens (tertiary/aromatic N) is 2. The molecule has 1 aromatic heterocycles. The van der Waals surface area contributed by atoms with E-state index in [4.69, 9.17) is 18.6 Å². The lowest BCUT2D eigenvalue weighted by atomic mass is 10.2. The summed E-state index contributed by atoms with van der Waals surface area (Å²) in [6.07, 6.45) is 0.243. The highest BCUT2D eigenvalue weighted by atomic mass is 16.6. The van der Waals surface area contributed by atoms with Crippen molar-refractivity contribution in [2.75, 3.05) is 13.7 Å². The van der Waals surface area contributed by atoms with Gasteiger partial charge >= 0.3 is 5.97 Å². The van der Waals surface area contributed by atoms with Crippen LogP contribution in [-0.2, 0) is 4.74 Å². The molecule has 0 N–H and O–H groups in total. The van der Waals surface area contributed by atoms with Gasteiger partial charge in [0.15, 0.2) is 6.10 Å². The van der Waals surface area contributed by atoms with E-state index in [0.29, 0.717) is 23.8 Å². The van der Waals surface area contributed by atoms with E-state index in [9.17, 15) is 4.79 Å². The summed E-state index contributed by atoms with van der Waals surface area (Å²) in [5, 5.41) is 8.00. The molecule has 0 aliphatic heterocycles. The molecule has 28 heavy (non-hydrogen) atoms. The van der Waals surface area contributed by atoms with Crippen molar-refractivity contribution in [1.82, 2.24) is 10.2 Å². The van der Waals surface area contributed by atoms with E-state index in [2.05, 4.69) is 10.2 Å². The van der Waals surface area contributed by atoms with Gasteiger partial charge in [-0.1, -0.05) is 6.92 Å². The molecule has 0 saturated carbocycles. The van der Waals surface area contributed by atoms with Gasteiger partial charge in [0.25, 0.3) is 5.89 Å². The minimum atomic E-state index is -0.678. The Kier molecular flexibility index (Phi) is 6.26. The minimum absolute atomic E-state index is 0.224. The highest BCUT2D eigenvalue weighted by molar-refractivity contribution is 5.89. The summed E-state index contributed by atoms with van der Waals surface area (Å²) in [4.78, 5) is 12.3. The van der Waals surface area contributed by atoms with Gasteiger partial charge in [-0.3, -0.25) is 0 Å². The van der Waals surface area contributed by atoms with Crippen LogP contribution in [0.15, 0.2) is 52.9 Å². The molecule has 2 aromatic carbocycles. The standard InChI is InChI=1S/C21H22N2O5/c1-4-13-26-18-11-7-16(8-12-18)21(24)27-14(2)19-22-23-20(28-19)15-5-9-17(25-3)10-6-15/h5-12,14H,4,13H2,1-3H3/t14-/m1/s1. The van der Waals surface area contributed by atoms with Crippen molar-refractivity contribution in [2.45, 2.75) is 26.4 Å². The summed E-state index contributed by atoms with van der Waals surface area (Å²) in [7, 11) is 1.60. The van der Waals surface area contributed by atoms with Crippen molar-refractivity contribution in [3.63, 3.8) is 0 Å². The monoisotopic (exact) mass is 382 g/mol. The predicted octanol–water partition coefficient (Wildman–Crippen LogP) is 4.45. The summed E-state index contributed by atoms with van der Waals surface area (Å²) in [6, 6.07) is 14.0. The largest absolute Gasteiger partial charge is 0.497 e. The van der Waals surface area contributed by atoms with Crippen LogP contribution in [0.4, 0.5) is 0 Å². The van der Waals surface area contributed by atoms with Crippen LogP contribution in [0.2, 0.25) is 0 Å². The van der Waals surface area contributed by atoms with E-state index >= 15 is 0 Å². The SMILES string of the molecule is CCCOc1ccc(C(=O)O[C@H](C)c2nnc(-c3ccc(OC)cc3)o2)cc1. The topological polar surface area (TPSA) is 83.7 Å². The summed E-state index contributed by atoms with van der Waals surface area (Å²) >= 11 is 0. The Morgan fingerprint density at radius 3 is 2.36 bits per heavy atom. The Morgan fingerprint density at radius 2 is 1.71 bits per heavy atom. The predicted molar refractivity (Wildman–Crippen MR) is 102 cm³/mol. The molecular weight excluding hydrogens is 360 g/mol. The van der Waals surface area contributed by atoms with Crippen molar-refractivity contribution in [3.05, 3.63) is 60.0 Å². The second-order valence-electron chi connectivity index (χ2n) is 6.09. The summed E-state index contributed by atoms with van der Waals surface area (Å²) < 4.78 is 21.7. The van der Waals surface area contributed by atoms with Gasteiger partial charge < -0.3 is 18.6 Å². The van der Waals surface area contributed by atoms with E-state index in [1.54, 1.807) is 50.4 Å². The molecule has 7 nitrogen and oxygen atoms in total. The Morgan fingerprint density at radius 1 is 1.04 bits per heavy atom. The highest BCUT2D eigenvalue weighted by Crippen LogP contribution is 2.25. The quantitative estimate of drug-likeness (QED) is 0.532. The smallest absolute Gasteiger partial charge is 0.338 e. The molecule has 0 amide bonds. The number of hydrogen-bond acceptors (Lipinski definition) is 7. The minimum Gasteiger partial charge on any atom is -0.497 e. The molecule has 0 radical (unpaired) electrons. The van der Waals surface area contributed by atoms with E-state index in [0.717, 1.165) is 17.7 Å². The summed E-state index contributed by atoms with van der Waals surface area (Å²) in [5.41, 5.74) is 1.17. The van der Waals surface area contributed by atoms with Crippen LogP contribution in [0.25, 0.3) is 11.5 Å². The molecule has 3 rings (SSSR count). The zero-order valence-electron chi connectivity index (χ0n) is 16.0. The second-order valence-corrected chi connectivity index (χ2v) is 6.09. The molecule has 0 unspecified atom stereocenters. The molecule has 0 aliphatic rings. The Bertz CT molecular complexity index is 903. The normalized spacial score (nSPS) is 11.7. The lowest BCUT2D eigenvalue weighted by Crippen LogP contribution is -2.09. The zero-order valence-corrected chi connectivity index (χ0v) is 16.0. The lowest BCUT2D eigenvalue weighted by Gasteiger charge is -2.10. The molecule has 0 aliphatic carbocycles. The van der Waals surface area contributed by atoms with Crippen LogP contribution in [0.3, 0.4) is 0 Å². The highest BCUT2D eigenvalue weighted by Gasteiger charge is 2.20. The number of ether oxygens (including phenoxy) is 3. The van der Waals surface area contributed by atoms with Crippen molar-refractivity contribution in [3.8, 4) is 23.0 Å². The fraction of sp³-hybridized carbons (Fsp3) is 0.286. The summed E-state index contributed by atoms with van der Waals surface area (Å²) in [5.74, 6) is 1.54. The van der Waals surface area contributed by atoms with Crippen molar-refractivity contribution in [2.24, 2.45) is 0 Å². The molecule has 1 atom stereocenters. The van der Waals surface area contributed by atoms with Gasteiger partial charge in [0.2, 0.25) is 5.89 Å². The van der Waals surface area contributed by atoms with E-state index < -0.39 is 12.1 Å². The number of methoxy groups -OCH3 is 1. The van der Waals surface area contributed by atoms with Crippen LogP contribution < -0.4 is 9.47 Å². The maximum atomic E-state index is 12.3. The lowest BCUT2D eigenvalue weighted by molar-refractivity contribution is 0.0280. The molecule has 146 valence electrons. The first-order chi connectivity index (χ1) is 13.6. The van der Waals surface area contributed by atoms with Crippen LogP contribution in [0.5, 0.6) is 11.5 Å². The molecule has 0 saturated heterocycles. The third kappa shape index (κ3) is 4.68. The number of hydrogen-bond donors (Lipinski definition) is 0. The van der Waals surface area contributed by atoms with Crippen molar-refractivity contribution < 1.29 is 23.4 Å². The molecule has 1 heterocycles. The maximum Gasteiger partial charge on any atom is 0.338 e. The average Bonchev–Trinajstić information content (AvgIpc) is 3.23. The molecule has 3 aromatic rings. The molecular formula is C21H22N2O5. The third-order valence-corrected chi connectivity index (χ3v) is 3.97. The van der Waals surface area contributed by atoms with E-state index in [1.807, 2.05) is 19.1 Å². The third-order valence-electron chi connectivity index (χ3n) is 3.97. The summed E-state index contributed by atoms with van der Waals surface area (Å²) in [6.45, 7) is 4.35. The number of rotatable bonds is 8. The van der Waals surface area contributed by atoms with E-state index in [1.165, 1.54) is 0 Å². The van der Waals surface area contributed by atoms with Crippen LogP contribution >= 0.6 is 0 Å². The average molecular weight is 382 g/mol. The fourth-order valence-electron chi connectivity index (χ4n) is 2.44. The second kappa shape index (κ2) is 9.03. The molecule has 7 heteroatoms. The number of aromatic nitrogens is 2. The van der Waals surface area contributed by atoms with Crippen molar-refractivity contribution >= 4 is 5.97 Å². The first-order valence-electron chi connectivity index (χ1n) is 9.02. The van der Waals surface area contributed by atoms with Gasteiger partial charge in [-0.25, -0.2) is 4.79 Å². The van der Waals surface area contributed by atoms with E-state index in [-0.39, 0.29) is 5.89 Å². The zero-order chi connectivity index (χ0) is 19.9. The molecule has 0 fully saturated rings. The van der Waals surface area contributed by atoms with Crippen LogP contribution in [0.1, 0.15) is 42.6 Å². The number of carbonyl (C=O) groups excluding carboxylic acids is 1. The number of esters is 1. The first-order valence-corrected chi connectivity index (χ1v) is 9.02. The van der Waals surface area contributed by atoms with Crippen molar-refractivity contribution in [1.29, 1.82) is 0 Å². The number of carbonyl (C=O) groups is 1. The van der Waals surface area contributed by atoms with Gasteiger partial charge in [-0.2, -0.15) is 0 Å². The van der Waals surface area contributed by atoms with Crippen LogP contribution in [-0.4, -0.2) is 29.9 Å². The fourth-order valence-corrected chi connectivity index (χ4v) is 2.44. The Labute approximate surface area is 163 Å². The molecule has 0 spiro atoms. The number of benzene rings is 2.